The quantitative estimate of drug-likeness (QED) is 0.351. The summed E-state index contributed by atoms with van der Waals surface area (Å²) in [5.41, 5.74) is 13.4. The van der Waals surface area contributed by atoms with Crippen molar-refractivity contribution in [3.05, 3.63) is 48.0 Å². The number of rotatable bonds is 9. The lowest BCUT2D eigenvalue weighted by Gasteiger charge is -2.31. The first kappa shape index (κ1) is 23.7. The molecule has 4 rings (SSSR count). The van der Waals surface area contributed by atoms with Gasteiger partial charge in [-0.15, -0.1) is 0 Å². The first-order chi connectivity index (χ1) is 16.5. The molecule has 0 spiro atoms. The third-order valence-corrected chi connectivity index (χ3v) is 5.95. The van der Waals surface area contributed by atoms with Crippen LogP contribution in [0.15, 0.2) is 36.7 Å². The van der Waals surface area contributed by atoms with Crippen LogP contribution in [0.25, 0.3) is 10.9 Å². The number of carbonyl (C=O) groups excluding carboxylic acids is 1. The van der Waals surface area contributed by atoms with Gasteiger partial charge < -0.3 is 31.6 Å². The number of halogens is 1. The lowest BCUT2D eigenvalue weighted by atomic mass is 9.90. The Morgan fingerprint density at radius 1 is 1.21 bits per heavy atom. The third-order valence-electron chi connectivity index (χ3n) is 5.95. The van der Waals surface area contributed by atoms with Crippen LogP contribution in [-0.4, -0.2) is 48.3 Å². The van der Waals surface area contributed by atoms with Crippen molar-refractivity contribution in [1.29, 1.82) is 0 Å². The minimum absolute atomic E-state index is 0.0586. The van der Waals surface area contributed by atoms with Crippen LogP contribution in [0.1, 0.15) is 36.0 Å². The molecule has 34 heavy (non-hydrogen) atoms. The molecule has 0 bridgehead atoms. The summed E-state index contributed by atoms with van der Waals surface area (Å²) in [5.74, 6) is -0.487. The SMILES string of the molecule is COCCOc1cc(Nc2ncccc2C(N)=O)c(NC2CCCCC2N)c2c(F)ccnc12. The molecule has 1 aliphatic carbocycles. The van der Waals surface area contributed by atoms with Crippen molar-refractivity contribution >= 4 is 34.0 Å². The predicted octanol–water partition coefficient (Wildman–Crippen LogP) is 3.32. The molecule has 9 nitrogen and oxygen atoms in total. The minimum atomic E-state index is -0.635. The Balaban J connectivity index is 1.87. The van der Waals surface area contributed by atoms with E-state index in [1.165, 1.54) is 18.5 Å². The maximum atomic E-state index is 15.3. The third kappa shape index (κ3) is 5.02. The van der Waals surface area contributed by atoms with Gasteiger partial charge >= 0.3 is 0 Å². The van der Waals surface area contributed by atoms with E-state index in [2.05, 4.69) is 20.6 Å². The summed E-state index contributed by atoms with van der Waals surface area (Å²) < 4.78 is 26.2. The van der Waals surface area contributed by atoms with Gasteiger partial charge in [0, 0.05) is 37.7 Å². The summed E-state index contributed by atoms with van der Waals surface area (Å²) in [6, 6.07) is 6.06. The normalized spacial score (nSPS) is 18.0. The summed E-state index contributed by atoms with van der Waals surface area (Å²) in [4.78, 5) is 20.6. The van der Waals surface area contributed by atoms with Crippen molar-refractivity contribution in [3.8, 4) is 5.75 Å². The van der Waals surface area contributed by atoms with E-state index in [0.717, 1.165) is 25.7 Å². The molecular weight excluding hydrogens is 439 g/mol. The average molecular weight is 469 g/mol. The van der Waals surface area contributed by atoms with E-state index in [1.54, 1.807) is 25.3 Å². The molecule has 2 unspecified atom stereocenters. The second-order valence-corrected chi connectivity index (χ2v) is 8.24. The predicted molar refractivity (Wildman–Crippen MR) is 129 cm³/mol. The van der Waals surface area contributed by atoms with Gasteiger partial charge in [-0.1, -0.05) is 12.8 Å². The molecule has 2 atom stereocenters. The highest BCUT2D eigenvalue weighted by atomic mass is 19.1. The number of hydrogen-bond donors (Lipinski definition) is 4. The van der Waals surface area contributed by atoms with Crippen molar-refractivity contribution < 1.29 is 18.7 Å². The number of ether oxygens (including phenoxy) is 2. The van der Waals surface area contributed by atoms with E-state index in [1.807, 2.05) is 0 Å². The largest absolute Gasteiger partial charge is 0.489 e. The Morgan fingerprint density at radius 3 is 2.79 bits per heavy atom. The Hall–Kier alpha value is -3.50. The van der Waals surface area contributed by atoms with Crippen LogP contribution >= 0.6 is 0 Å². The number of nitrogens with one attached hydrogen (secondary N) is 2. The van der Waals surface area contributed by atoms with Crippen LogP contribution in [0.5, 0.6) is 5.75 Å². The molecule has 3 aromatic rings. The molecule has 180 valence electrons. The first-order valence-electron chi connectivity index (χ1n) is 11.3. The molecule has 1 aliphatic rings. The van der Waals surface area contributed by atoms with Crippen LogP contribution in [0, 0.1) is 5.82 Å². The first-order valence-corrected chi connectivity index (χ1v) is 11.3. The maximum absolute atomic E-state index is 15.3. The van der Waals surface area contributed by atoms with Gasteiger partial charge in [0.25, 0.3) is 5.91 Å². The number of benzene rings is 1. The van der Waals surface area contributed by atoms with Gasteiger partial charge in [0.15, 0.2) is 0 Å². The highest BCUT2D eigenvalue weighted by molar-refractivity contribution is 6.04. The van der Waals surface area contributed by atoms with Gasteiger partial charge in [0.05, 0.1) is 28.9 Å². The van der Waals surface area contributed by atoms with Gasteiger partial charge in [-0.05, 0) is 31.0 Å². The second kappa shape index (κ2) is 10.6. The van der Waals surface area contributed by atoms with Crippen molar-refractivity contribution in [1.82, 2.24) is 9.97 Å². The number of amides is 1. The van der Waals surface area contributed by atoms with Crippen LogP contribution in [0.2, 0.25) is 0 Å². The van der Waals surface area contributed by atoms with E-state index < -0.39 is 11.7 Å². The van der Waals surface area contributed by atoms with Gasteiger partial charge in [0.1, 0.15) is 29.5 Å². The lowest BCUT2D eigenvalue weighted by Crippen LogP contribution is -2.42. The number of primary amides is 1. The van der Waals surface area contributed by atoms with Crippen LogP contribution < -0.4 is 26.8 Å². The minimum Gasteiger partial charge on any atom is -0.489 e. The van der Waals surface area contributed by atoms with E-state index in [-0.39, 0.29) is 35.5 Å². The van der Waals surface area contributed by atoms with Crippen LogP contribution in [0.3, 0.4) is 0 Å². The molecule has 6 N–H and O–H groups in total. The molecule has 1 saturated carbocycles. The number of nitrogens with two attached hydrogens (primary N) is 2. The zero-order valence-corrected chi connectivity index (χ0v) is 19.0. The molecule has 0 saturated heterocycles. The molecule has 2 heterocycles. The van der Waals surface area contributed by atoms with E-state index >= 15 is 4.39 Å². The maximum Gasteiger partial charge on any atom is 0.252 e. The number of aromatic nitrogens is 2. The Morgan fingerprint density at radius 2 is 2.03 bits per heavy atom. The van der Waals surface area contributed by atoms with E-state index in [9.17, 15) is 4.79 Å². The fourth-order valence-electron chi connectivity index (χ4n) is 4.22. The molecule has 2 aromatic heterocycles. The van der Waals surface area contributed by atoms with Gasteiger partial charge in [-0.2, -0.15) is 0 Å². The summed E-state index contributed by atoms with van der Waals surface area (Å²) in [6.07, 6.45) is 6.75. The number of carbonyl (C=O) groups is 1. The molecule has 1 amide bonds. The average Bonchev–Trinajstić information content (AvgIpc) is 2.83. The topological polar surface area (TPSA) is 137 Å². The highest BCUT2D eigenvalue weighted by Gasteiger charge is 2.26. The smallest absolute Gasteiger partial charge is 0.252 e. The highest BCUT2D eigenvalue weighted by Crippen LogP contribution is 2.41. The Labute approximate surface area is 197 Å². The van der Waals surface area contributed by atoms with Crippen LogP contribution in [-0.2, 0) is 4.74 Å². The zero-order valence-electron chi connectivity index (χ0n) is 19.0. The fourth-order valence-corrected chi connectivity index (χ4v) is 4.22. The van der Waals surface area contributed by atoms with Gasteiger partial charge in [0.2, 0.25) is 0 Å². The monoisotopic (exact) mass is 468 g/mol. The lowest BCUT2D eigenvalue weighted by molar-refractivity contribution is 0.100. The number of anilines is 3. The molecule has 1 fully saturated rings. The number of pyridine rings is 2. The molecule has 0 radical (unpaired) electrons. The van der Waals surface area contributed by atoms with E-state index in [4.69, 9.17) is 20.9 Å². The van der Waals surface area contributed by atoms with Crippen molar-refractivity contribution in [2.45, 2.75) is 37.8 Å². The summed E-state index contributed by atoms with van der Waals surface area (Å²) in [6.45, 7) is 0.599. The number of hydrogen-bond acceptors (Lipinski definition) is 8. The second-order valence-electron chi connectivity index (χ2n) is 8.24. The summed E-state index contributed by atoms with van der Waals surface area (Å²) >= 11 is 0. The fraction of sp³-hybridized carbons (Fsp3) is 0.375. The van der Waals surface area contributed by atoms with E-state index in [0.29, 0.717) is 29.2 Å². The number of nitrogens with zero attached hydrogens (tertiary/aromatic N) is 2. The summed E-state index contributed by atoms with van der Waals surface area (Å²) in [7, 11) is 1.57. The molecular formula is C24H29FN6O3. The Kier molecular flexibility index (Phi) is 7.39. The van der Waals surface area contributed by atoms with Crippen molar-refractivity contribution in [3.63, 3.8) is 0 Å². The van der Waals surface area contributed by atoms with Gasteiger partial charge in [-0.25, -0.2) is 9.37 Å². The van der Waals surface area contributed by atoms with Crippen molar-refractivity contribution in [2.24, 2.45) is 11.5 Å². The number of fused-ring (bicyclic) bond motifs is 1. The summed E-state index contributed by atoms with van der Waals surface area (Å²) in [5, 5.41) is 6.87. The Bertz CT molecular complexity index is 1170. The van der Waals surface area contributed by atoms with Gasteiger partial charge in [-0.3, -0.25) is 9.78 Å². The van der Waals surface area contributed by atoms with Crippen LogP contribution in [0.4, 0.5) is 21.6 Å². The molecule has 10 heteroatoms. The molecule has 0 aliphatic heterocycles. The zero-order chi connectivity index (χ0) is 24.1. The number of methoxy groups -OCH3 is 1. The standard InChI is InChI=1S/C24H29FN6O3/c1-33-11-12-34-19-13-18(31-24-14(23(27)32)5-4-9-29-24)21(20-15(25)8-10-28-22(19)20)30-17-7-3-2-6-16(17)26/h4-5,8-10,13,16-17,30H,2-3,6-7,11-12,26H2,1H3,(H2,27,32)(H,29,31). The van der Waals surface area contributed by atoms with Crippen molar-refractivity contribution in [2.75, 3.05) is 31.0 Å². The molecule has 1 aromatic carbocycles.